The molecule has 31 heavy (non-hydrogen) atoms. The second kappa shape index (κ2) is 8.12. The number of benzene rings is 1. The monoisotopic (exact) mass is 469 g/mol. The third-order valence-corrected chi connectivity index (χ3v) is 5.86. The Labute approximate surface area is 183 Å². The summed E-state index contributed by atoms with van der Waals surface area (Å²) < 4.78 is 61.8. The SMILES string of the molecule is CC(C)(C)c1cc(-c2cncc(-c3ccc(NS(=O)(=O)C(F)(F)F)cc3Cl)c2)ccn1. The van der Waals surface area contributed by atoms with Gasteiger partial charge in [0.2, 0.25) is 0 Å². The van der Waals surface area contributed by atoms with E-state index >= 15 is 0 Å². The fraction of sp³-hybridized carbons (Fsp3) is 0.238. The molecule has 0 atom stereocenters. The Hall–Kier alpha value is -2.65. The number of rotatable bonds is 4. The van der Waals surface area contributed by atoms with Gasteiger partial charge >= 0.3 is 15.5 Å². The number of nitrogens with one attached hydrogen (secondary N) is 1. The third-order valence-electron chi connectivity index (χ3n) is 4.44. The van der Waals surface area contributed by atoms with Crippen molar-refractivity contribution in [2.24, 2.45) is 0 Å². The number of pyridine rings is 2. The molecule has 3 rings (SSSR count). The fourth-order valence-electron chi connectivity index (χ4n) is 2.79. The highest BCUT2D eigenvalue weighted by Crippen LogP contribution is 2.34. The first-order chi connectivity index (χ1) is 14.3. The van der Waals surface area contributed by atoms with Crippen LogP contribution in [0.3, 0.4) is 0 Å². The molecule has 0 aliphatic rings. The van der Waals surface area contributed by atoms with Crippen molar-refractivity contribution in [2.45, 2.75) is 31.7 Å². The zero-order chi connectivity index (χ0) is 23.0. The Morgan fingerprint density at radius 3 is 2.23 bits per heavy atom. The summed E-state index contributed by atoms with van der Waals surface area (Å²) in [5.41, 5.74) is -2.10. The minimum Gasteiger partial charge on any atom is -0.276 e. The maximum absolute atomic E-state index is 12.6. The highest BCUT2D eigenvalue weighted by atomic mass is 35.5. The van der Waals surface area contributed by atoms with E-state index in [1.165, 1.54) is 16.9 Å². The molecule has 3 aromatic rings. The first-order valence-corrected chi connectivity index (χ1v) is 10.9. The quantitative estimate of drug-likeness (QED) is 0.507. The molecule has 0 fully saturated rings. The largest absolute Gasteiger partial charge is 0.516 e. The third kappa shape index (κ3) is 5.16. The van der Waals surface area contributed by atoms with Crippen molar-refractivity contribution in [2.75, 3.05) is 4.72 Å². The van der Waals surface area contributed by atoms with Gasteiger partial charge in [0.25, 0.3) is 0 Å². The number of alkyl halides is 3. The summed E-state index contributed by atoms with van der Waals surface area (Å²) in [5, 5.41) is 0.0754. The molecular weight excluding hydrogens is 451 g/mol. The van der Waals surface area contributed by atoms with Gasteiger partial charge in [-0.15, -0.1) is 0 Å². The van der Waals surface area contributed by atoms with Crippen molar-refractivity contribution in [3.63, 3.8) is 0 Å². The van der Waals surface area contributed by atoms with Gasteiger partial charge in [0, 0.05) is 46.4 Å². The molecule has 2 heterocycles. The number of hydrogen-bond donors (Lipinski definition) is 1. The van der Waals surface area contributed by atoms with E-state index in [2.05, 4.69) is 30.7 Å². The smallest absolute Gasteiger partial charge is 0.276 e. The molecule has 0 aliphatic carbocycles. The molecule has 10 heteroatoms. The van der Waals surface area contributed by atoms with Crippen LogP contribution in [0.15, 0.2) is 55.0 Å². The molecule has 0 unspecified atom stereocenters. The van der Waals surface area contributed by atoms with Crippen LogP contribution < -0.4 is 4.72 Å². The number of anilines is 1. The summed E-state index contributed by atoms with van der Waals surface area (Å²) in [6.07, 6.45) is 4.97. The second-order valence-corrected chi connectivity index (χ2v) is 9.97. The molecule has 1 aromatic carbocycles. The van der Waals surface area contributed by atoms with Gasteiger partial charge in [-0.25, -0.2) is 0 Å². The van der Waals surface area contributed by atoms with Crippen LogP contribution in [0.1, 0.15) is 26.5 Å². The molecule has 0 radical (unpaired) electrons. The Bertz CT molecular complexity index is 1220. The predicted octanol–water partition coefficient (Wildman–Crippen LogP) is 6.02. The standard InChI is InChI=1S/C21H19ClF3N3O2S/c1-20(2,3)19-9-13(6-7-27-19)14-8-15(12-26-11-14)17-5-4-16(10-18(17)22)28-31(29,30)21(23,24)25/h4-12,28H,1-3H3. The maximum Gasteiger partial charge on any atom is 0.516 e. The van der Waals surface area contributed by atoms with Crippen molar-refractivity contribution in [3.8, 4) is 22.3 Å². The Morgan fingerprint density at radius 1 is 0.935 bits per heavy atom. The lowest BCUT2D eigenvalue weighted by atomic mass is 9.90. The van der Waals surface area contributed by atoms with Crippen LogP contribution in [0.4, 0.5) is 18.9 Å². The van der Waals surface area contributed by atoms with Crippen molar-refractivity contribution >= 4 is 27.3 Å². The Balaban J connectivity index is 1.95. The van der Waals surface area contributed by atoms with Crippen LogP contribution in [0, 0.1) is 0 Å². The van der Waals surface area contributed by atoms with E-state index in [9.17, 15) is 21.6 Å². The van der Waals surface area contributed by atoms with E-state index in [1.54, 1.807) is 18.6 Å². The second-order valence-electron chi connectivity index (χ2n) is 7.89. The van der Waals surface area contributed by atoms with Crippen LogP contribution in [-0.4, -0.2) is 23.9 Å². The molecule has 164 valence electrons. The van der Waals surface area contributed by atoms with Gasteiger partial charge in [-0.1, -0.05) is 38.4 Å². The van der Waals surface area contributed by atoms with Gasteiger partial charge < -0.3 is 0 Å². The van der Waals surface area contributed by atoms with E-state index < -0.39 is 15.5 Å². The van der Waals surface area contributed by atoms with E-state index in [-0.39, 0.29) is 16.1 Å². The fourth-order valence-corrected chi connectivity index (χ4v) is 3.63. The molecule has 0 amide bonds. The van der Waals surface area contributed by atoms with Crippen molar-refractivity contribution < 1.29 is 21.6 Å². The number of nitrogens with zero attached hydrogens (tertiary/aromatic N) is 2. The van der Waals surface area contributed by atoms with E-state index in [4.69, 9.17) is 11.6 Å². The van der Waals surface area contributed by atoms with Crippen molar-refractivity contribution in [3.05, 3.63) is 65.7 Å². The van der Waals surface area contributed by atoms with Gasteiger partial charge in [-0.05, 0) is 35.9 Å². The van der Waals surface area contributed by atoms with Gasteiger partial charge in [0.1, 0.15) is 0 Å². The van der Waals surface area contributed by atoms with E-state index in [1.807, 2.05) is 18.2 Å². The normalized spacial score (nSPS) is 12.6. The first kappa shape index (κ1) is 23.0. The summed E-state index contributed by atoms with van der Waals surface area (Å²) in [7, 11) is -5.53. The number of hydrogen-bond acceptors (Lipinski definition) is 4. The highest BCUT2D eigenvalue weighted by Gasteiger charge is 2.46. The van der Waals surface area contributed by atoms with Gasteiger partial charge in [-0.3, -0.25) is 14.7 Å². The molecule has 0 spiro atoms. The van der Waals surface area contributed by atoms with Crippen LogP contribution in [0.2, 0.25) is 5.02 Å². The minimum atomic E-state index is -5.53. The summed E-state index contributed by atoms with van der Waals surface area (Å²) in [6, 6.07) is 9.43. The highest BCUT2D eigenvalue weighted by molar-refractivity contribution is 7.93. The average molecular weight is 470 g/mol. The Morgan fingerprint density at radius 2 is 1.61 bits per heavy atom. The maximum atomic E-state index is 12.6. The minimum absolute atomic E-state index is 0.0754. The first-order valence-electron chi connectivity index (χ1n) is 9.09. The summed E-state index contributed by atoms with van der Waals surface area (Å²) >= 11 is 6.24. The Kier molecular flexibility index (Phi) is 6.03. The van der Waals surface area contributed by atoms with Crippen LogP contribution in [0.25, 0.3) is 22.3 Å². The van der Waals surface area contributed by atoms with Crippen molar-refractivity contribution in [1.82, 2.24) is 9.97 Å². The van der Waals surface area contributed by atoms with Crippen molar-refractivity contribution in [1.29, 1.82) is 0 Å². The summed E-state index contributed by atoms with van der Waals surface area (Å²) in [6.45, 7) is 6.17. The molecule has 5 nitrogen and oxygen atoms in total. The predicted molar refractivity (Wildman–Crippen MR) is 115 cm³/mol. The molecular formula is C21H19ClF3N3O2S. The summed E-state index contributed by atoms with van der Waals surface area (Å²) in [4.78, 5) is 8.65. The molecule has 2 aromatic heterocycles. The molecule has 0 bridgehead atoms. The van der Waals surface area contributed by atoms with Crippen LogP contribution >= 0.6 is 11.6 Å². The lowest BCUT2D eigenvalue weighted by Gasteiger charge is -2.18. The lowest BCUT2D eigenvalue weighted by molar-refractivity contribution is -0.0429. The molecule has 0 saturated carbocycles. The van der Waals surface area contributed by atoms with Crippen LogP contribution in [-0.2, 0) is 15.4 Å². The van der Waals surface area contributed by atoms with E-state index in [0.717, 1.165) is 22.9 Å². The lowest BCUT2D eigenvalue weighted by Crippen LogP contribution is -2.29. The zero-order valence-electron chi connectivity index (χ0n) is 16.8. The number of halogens is 4. The molecule has 0 aliphatic heterocycles. The number of aromatic nitrogens is 2. The number of sulfonamides is 1. The summed E-state index contributed by atoms with van der Waals surface area (Å²) in [5.74, 6) is 0. The molecule has 1 N–H and O–H groups in total. The topological polar surface area (TPSA) is 72.0 Å². The van der Waals surface area contributed by atoms with Crippen LogP contribution in [0.5, 0.6) is 0 Å². The van der Waals surface area contributed by atoms with Gasteiger partial charge in [-0.2, -0.15) is 21.6 Å². The van der Waals surface area contributed by atoms with E-state index in [0.29, 0.717) is 11.1 Å². The molecule has 0 saturated heterocycles. The van der Waals surface area contributed by atoms with Gasteiger partial charge in [0.15, 0.2) is 0 Å². The average Bonchev–Trinajstić information content (AvgIpc) is 2.66. The zero-order valence-corrected chi connectivity index (χ0v) is 18.4. The van der Waals surface area contributed by atoms with Gasteiger partial charge in [0.05, 0.1) is 10.7 Å².